The normalized spacial score (nSPS) is 16.9. The Hall–Kier alpha value is -2.58. The number of aromatic nitrogens is 1. The van der Waals surface area contributed by atoms with Crippen molar-refractivity contribution >= 4 is 5.82 Å². The van der Waals surface area contributed by atoms with Crippen LogP contribution >= 0.6 is 0 Å². The summed E-state index contributed by atoms with van der Waals surface area (Å²) in [5, 5.41) is 9.58. The van der Waals surface area contributed by atoms with Crippen LogP contribution in [0.15, 0.2) is 35.1 Å². The highest BCUT2D eigenvalue weighted by atomic mass is 16.5. The Balaban J connectivity index is 2.25. The Morgan fingerprint density at radius 3 is 2.61 bits per heavy atom. The zero-order chi connectivity index (χ0) is 16.6. The van der Waals surface area contributed by atoms with Crippen LogP contribution in [0.4, 0.5) is 5.82 Å². The lowest BCUT2D eigenvalue weighted by molar-refractivity contribution is -0.00117. The van der Waals surface area contributed by atoms with Crippen molar-refractivity contribution in [3.63, 3.8) is 0 Å². The fourth-order valence-corrected chi connectivity index (χ4v) is 3.00. The smallest absolute Gasteiger partial charge is 0.262 e. The van der Waals surface area contributed by atoms with Crippen molar-refractivity contribution in [1.29, 1.82) is 5.26 Å². The number of para-hydroxylation sites is 1. The number of nitriles is 1. The monoisotopic (exact) mass is 309 g/mol. The third-order valence-corrected chi connectivity index (χ3v) is 4.34. The lowest BCUT2D eigenvalue weighted by Gasteiger charge is -2.29. The van der Waals surface area contributed by atoms with E-state index in [1.165, 1.54) is 4.57 Å². The van der Waals surface area contributed by atoms with Gasteiger partial charge in [-0.1, -0.05) is 32.0 Å². The summed E-state index contributed by atoms with van der Waals surface area (Å²) < 4.78 is 7.21. The zero-order valence-corrected chi connectivity index (χ0v) is 13.2. The van der Waals surface area contributed by atoms with E-state index in [2.05, 4.69) is 19.9 Å². The molecule has 1 aliphatic rings. The van der Waals surface area contributed by atoms with Gasteiger partial charge in [0.15, 0.2) is 0 Å². The summed E-state index contributed by atoms with van der Waals surface area (Å²) in [6.07, 6.45) is 0.547. The van der Waals surface area contributed by atoms with E-state index in [0.717, 1.165) is 5.56 Å². The average Bonchev–Trinajstić information content (AvgIpc) is 2.56. The molecule has 0 amide bonds. The molecule has 1 aromatic heterocycles. The molecule has 1 atom stereocenters. The summed E-state index contributed by atoms with van der Waals surface area (Å²) in [5.74, 6) is 0.513. The summed E-state index contributed by atoms with van der Waals surface area (Å²) in [5.41, 5.74) is 8.29. The molecule has 1 aromatic carbocycles. The van der Waals surface area contributed by atoms with E-state index < -0.39 is 0 Å². The van der Waals surface area contributed by atoms with Crippen LogP contribution in [0, 0.1) is 17.2 Å². The third-order valence-electron chi connectivity index (χ3n) is 4.34. The van der Waals surface area contributed by atoms with Crippen LogP contribution in [0.2, 0.25) is 0 Å². The molecule has 0 saturated carbocycles. The maximum atomic E-state index is 12.9. The molecule has 5 nitrogen and oxygen atoms in total. The molecule has 0 fully saturated rings. The number of anilines is 1. The van der Waals surface area contributed by atoms with E-state index in [4.69, 9.17) is 10.5 Å². The molecule has 0 radical (unpaired) electrons. The minimum Gasteiger partial charge on any atom is -0.384 e. The third kappa shape index (κ3) is 2.51. The molecule has 0 saturated heterocycles. The number of rotatable bonds is 2. The number of hydrogen-bond donors (Lipinski definition) is 1. The second-order valence-electron chi connectivity index (χ2n) is 6.10. The van der Waals surface area contributed by atoms with Gasteiger partial charge < -0.3 is 10.5 Å². The van der Waals surface area contributed by atoms with Gasteiger partial charge in [0.2, 0.25) is 0 Å². The second-order valence-corrected chi connectivity index (χ2v) is 6.10. The molecular weight excluding hydrogens is 290 g/mol. The van der Waals surface area contributed by atoms with E-state index in [1.807, 2.05) is 18.2 Å². The first-order chi connectivity index (χ1) is 11.0. The molecule has 0 aliphatic carbocycles. The van der Waals surface area contributed by atoms with Gasteiger partial charge in [-0.2, -0.15) is 5.26 Å². The first-order valence-corrected chi connectivity index (χ1v) is 7.68. The Kier molecular flexibility index (Phi) is 3.93. The first-order valence-electron chi connectivity index (χ1n) is 7.68. The van der Waals surface area contributed by atoms with Gasteiger partial charge in [-0.3, -0.25) is 9.36 Å². The molecule has 1 unspecified atom stereocenters. The minimum absolute atomic E-state index is 0.000903. The molecule has 2 heterocycles. The lowest BCUT2D eigenvalue weighted by Crippen LogP contribution is -2.36. The Bertz CT molecular complexity index is 832. The van der Waals surface area contributed by atoms with E-state index in [9.17, 15) is 10.1 Å². The number of benzene rings is 1. The second kappa shape index (κ2) is 5.90. The van der Waals surface area contributed by atoms with Gasteiger partial charge in [-0.25, -0.2) is 0 Å². The number of pyridine rings is 1. The predicted octanol–water partition coefficient (Wildman–Crippen LogP) is 2.39. The van der Waals surface area contributed by atoms with Gasteiger partial charge >= 0.3 is 0 Å². The molecule has 23 heavy (non-hydrogen) atoms. The van der Waals surface area contributed by atoms with E-state index in [0.29, 0.717) is 29.2 Å². The van der Waals surface area contributed by atoms with Crippen LogP contribution in [0.1, 0.15) is 30.5 Å². The van der Waals surface area contributed by atoms with Gasteiger partial charge in [0.05, 0.1) is 24.0 Å². The molecule has 1 aliphatic heterocycles. The number of fused-ring (bicyclic) bond motifs is 1. The fraction of sp³-hybridized carbons (Fsp3) is 0.333. The van der Waals surface area contributed by atoms with Crippen LogP contribution in [-0.4, -0.2) is 10.7 Å². The number of ether oxygens (including phenoxy) is 1. The average molecular weight is 309 g/mol. The number of hydrogen-bond acceptors (Lipinski definition) is 4. The van der Waals surface area contributed by atoms with Crippen molar-refractivity contribution < 1.29 is 4.74 Å². The molecule has 2 N–H and O–H groups in total. The number of nitrogen functional groups attached to an aromatic ring is 1. The van der Waals surface area contributed by atoms with Crippen LogP contribution < -0.4 is 11.3 Å². The van der Waals surface area contributed by atoms with Gasteiger partial charge in [-0.05, 0) is 23.6 Å². The van der Waals surface area contributed by atoms with Crippen LogP contribution in [0.25, 0.3) is 5.69 Å². The Morgan fingerprint density at radius 1 is 1.30 bits per heavy atom. The van der Waals surface area contributed by atoms with E-state index in [1.54, 1.807) is 12.1 Å². The minimum atomic E-state index is -0.204. The Morgan fingerprint density at radius 2 is 2.00 bits per heavy atom. The quantitative estimate of drug-likeness (QED) is 0.923. The zero-order valence-electron chi connectivity index (χ0n) is 13.2. The molecular formula is C18H19N3O2. The number of nitrogens with two attached hydrogens (primary N) is 1. The highest BCUT2D eigenvalue weighted by molar-refractivity contribution is 5.60. The number of nitrogens with zero attached hydrogens (tertiary/aromatic N) is 2. The predicted molar refractivity (Wildman–Crippen MR) is 88.3 cm³/mol. The van der Waals surface area contributed by atoms with Crippen LogP contribution in [0.5, 0.6) is 0 Å². The molecule has 0 spiro atoms. The molecule has 118 valence electrons. The topological polar surface area (TPSA) is 81.0 Å². The van der Waals surface area contributed by atoms with Crippen LogP contribution in [-0.2, 0) is 17.8 Å². The van der Waals surface area contributed by atoms with Crippen molar-refractivity contribution in [2.45, 2.75) is 33.0 Å². The van der Waals surface area contributed by atoms with Gasteiger partial charge in [0.25, 0.3) is 5.56 Å². The van der Waals surface area contributed by atoms with Crippen LogP contribution in [0.3, 0.4) is 0 Å². The summed E-state index contributed by atoms with van der Waals surface area (Å²) >= 11 is 0. The molecule has 0 bridgehead atoms. The largest absolute Gasteiger partial charge is 0.384 e. The summed E-state index contributed by atoms with van der Waals surface area (Å²) in [6, 6.07) is 11.3. The molecule has 5 heteroatoms. The van der Waals surface area contributed by atoms with E-state index in [-0.39, 0.29) is 24.1 Å². The first kappa shape index (κ1) is 15.3. The highest BCUT2D eigenvalue weighted by Gasteiger charge is 2.29. The molecule has 3 rings (SSSR count). The maximum Gasteiger partial charge on any atom is 0.262 e. The van der Waals surface area contributed by atoms with Crippen molar-refractivity contribution in [3.05, 3.63) is 57.4 Å². The van der Waals surface area contributed by atoms with Crippen molar-refractivity contribution in [1.82, 2.24) is 4.57 Å². The van der Waals surface area contributed by atoms with Crippen molar-refractivity contribution in [2.75, 3.05) is 5.73 Å². The summed E-state index contributed by atoms with van der Waals surface area (Å²) in [4.78, 5) is 12.9. The van der Waals surface area contributed by atoms with Gasteiger partial charge in [0.1, 0.15) is 11.9 Å². The SMILES string of the molecule is CC(C)C1Cc2c(C#N)c(N)n(-c3ccccc3)c(=O)c2CO1. The summed E-state index contributed by atoms with van der Waals surface area (Å²) in [7, 11) is 0. The standard InChI is InChI=1S/C18H19N3O2/c1-11(2)16-8-13-14(9-19)17(20)21(12-6-4-3-5-7-12)18(22)15(13)10-23-16/h3-7,11,16H,8,10,20H2,1-2H3. The van der Waals surface area contributed by atoms with Crippen molar-refractivity contribution in [2.24, 2.45) is 5.92 Å². The summed E-state index contributed by atoms with van der Waals surface area (Å²) in [6.45, 7) is 4.35. The van der Waals surface area contributed by atoms with Crippen molar-refractivity contribution in [3.8, 4) is 11.8 Å². The fourth-order valence-electron chi connectivity index (χ4n) is 3.00. The lowest BCUT2D eigenvalue weighted by atomic mass is 9.91. The maximum absolute atomic E-state index is 12.9. The van der Waals surface area contributed by atoms with Gasteiger partial charge in [0, 0.05) is 12.0 Å². The highest BCUT2D eigenvalue weighted by Crippen LogP contribution is 2.29. The molecule has 2 aromatic rings. The van der Waals surface area contributed by atoms with Gasteiger partial charge in [-0.15, -0.1) is 0 Å². The van der Waals surface area contributed by atoms with E-state index >= 15 is 0 Å². The Labute approximate surface area is 134 Å².